The fourth-order valence-electron chi connectivity index (χ4n) is 1.94. The van der Waals surface area contributed by atoms with Crippen molar-refractivity contribution < 1.29 is 0 Å². The van der Waals surface area contributed by atoms with Crippen LogP contribution in [0.15, 0.2) is 21.9 Å². The van der Waals surface area contributed by atoms with E-state index < -0.39 is 0 Å². The van der Waals surface area contributed by atoms with Gasteiger partial charge in [0.1, 0.15) is 17.5 Å². The van der Waals surface area contributed by atoms with Crippen LogP contribution < -0.4 is 5.32 Å². The second-order valence-corrected chi connectivity index (χ2v) is 4.63. The molecule has 0 aliphatic carbocycles. The zero-order chi connectivity index (χ0) is 11.5. The predicted octanol–water partition coefficient (Wildman–Crippen LogP) is 2.03. The van der Waals surface area contributed by atoms with E-state index in [0.717, 1.165) is 42.9 Å². The SMILES string of the molecule is CNC1=CC2=NCCN2C(CCC(C)C)=N1.Cl. The zero-order valence-electron chi connectivity index (χ0n) is 10.7. The summed E-state index contributed by atoms with van der Waals surface area (Å²) < 4.78 is 0. The monoisotopic (exact) mass is 256 g/mol. The summed E-state index contributed by atoms with van der Waals surface area (Å²) in [6.07, 6.45) is 4.24. The first-order valence-corrected chi connectivity index (χ1v) is 5.99. The number of hydrogen-bond acceptors (Lipinski definition) is 4. The number of aliphatic imine (C=N–C) groups is 2. The molecular weight excluding hydrogens is 236 g/mol. The van der Waals surface area contributed by atoms with E-state index in [2.05, 4.69) is 34.0 Å². The molecule has 0 saturated heterocycles. The Morgan fingerprint density at radius 1 is 1.47 bits per heavy atom. The zero-order valence-corrected chi connectivity index (χ0v) is 11.5. The summed E-state index contributed by atoms with van der Waals surface area (Å²) in [7, 11) is 1.90. The minimum Gasteiger partial charge on any atom is -0.373 e. The van der Waals surface area contributed by atoms with Crippen molar-refractivity contribution in [1.29, 1.82) is 0 Å². The van der Waals surface area contributed by atoms with Crippen LogP contribution in [0.3, 0.4) is 0 Å². The quantitative estimate of drug-likeness (QED) is 0.836. The molecule has 0 spiro atoms. The molecule has 1 N–H and O–H groups in total. The maximum absolute atomic E-state index is 4.63. The van der Waals surface area contributed by atoms with E-state index in [-0.39, 0.29) is 12.4 Å². The molecule has 17 heavy (non-hydrogen) atoms. The first-order valence-electron chi connectivity index (χ1n) is 5.99. The second-order valence-electron chi connectivity index (χ2n) is 4.63. The maximum atomic E-state index is 4.63. The van der Waals surface area contributed by atoms with Crippen molar-refractivity contribution in [3.05, 3.63) is 11.9 Å². The van der Waals surface area contributed by atoms with Gasteiger partial charge in [0.05, 0.1) is 6.54 Å². The van der Waals surface area contributed by atoms with Gasteiger partial charge in [-0.25, -0.2) is 4.99 Å². The normalized spacial score (nSPS) is 18.1. The van der Waals surface area contributed by atoms with E-state index in [0.29, 0.717) is 0 Å². The van der Waals surface area contributed by atoms with E-state index in [1.165, 1.54) is 6.42 Å². The van der Waals surface area contributed by atoms with Crippen molar-refractivity contribution >= 4 is 24.1 Å². The number of fused-ring (bicyclic) bond motifs is 1. The number of nitrogens with zero attached hydrogens (tertiary/aromatic N) is 3. The van der Waals surface area contributed by atoms with Gasteiger partial charge in [0.15, 0.2) is 0 Å². The van der Waals surface area contributed by atoms with Crippen LogP contribution in [0.1, 0.15) is 26.7 Å². The highest BCUT2D eigenvalue weighted by molar-refractivity contribution is 6.09. The van der Waals surface area contributed by atoms with Gasteiger partial charge in [0, 0.05) is 26.1 Å². The molecule has 0 unspecified atom stereocenters. The summed E-state index contributed by atoms with van der Waals surface area (Å²) in [6.45, 7) is 6.37. The van der Waals surface area contributed by atoms with E-state index in [1.807, 2.05) is 13.1 Å². The summed E-state index contributed by atoms with van der Waals surface area (Å²) in [5, 5.41) is 3.10. The minimum absolute atomic E-state index is 0. The van der Waals surface area contributed by atoms with Crippen LogP contribution in [0.2, 0.25) is 0 Å². The van der Waals surface area contributed by atoms with Gasteiger partial charge in [-0.15, -0.1) is 12.4 Å². The molecule has 96 valence electrons. The fourth-order valence-corrected chi connectivity index (χ4v) is 1.94. The molecule has 0 fully saturated rings. The molecule has 5 heteroatoms. The average Bonchev–Trinajstić information content (AvgIpc) is 2.73. The third kappa shape index (κ3) is 3.22. The van der Waals surface area contributed by atoms with E-state index in [4.69, 9.17) is 0 Å². The Hall–Kier alpha value is -1.03. The van der Waals surface area contributed by atoms with E-state index in [1.54, 1.807) is 0 Å². The lowest BCUT2D eigenvalue weighted by atomic mass is 10.1. The van der Waals surface area contributed by atoms with Crippen LogP contribution in [0, 0.1) is 5.92 Å². The molecule has 2 heterocycles. The van der Waals surface area contributed by atoms with Crippen molar-refractivity contribution in [2.75, 3.05) is 20.1 Å². The lowest BCUT2D eigenvalue weighted by molar-refractivity contribution is 0.567. The average molecular weight is 257 g/mol. The molecular formula is C12H21ClN4. The van der Waals surface area contributed by atoms with Crippen LogP contribution in [-0.2, 0) is 0 Å². The smallest absolute Gasteiger partial charge is 0.132 e. The van der Waals surface area contributed by atoms with Gasteiger partial charge < -0.3 is 10.2 Å². The molecule has 0 amide bonds. The van der Waals surface area contributed by atoms with Gasteiger partial charge in [0.25, 0.3) is 0 Å². The van der Waals surface area contributed by atoms with Crippen molar-refractivity contribution in [2.45, 2.75) is 26.7 Å². The number of hydrogen-bond donors (Lipinski definition) is 1. The van der Waals surface area contributed by atoms with E-state index in [9.17, 15) is 0 Å². The maximum Gasteiger partial charge on any atom is 0.132 e. The highest BCUT2D eigenvalue weighted by atomic mass is 35.5. The Kier molecular flexibility index (Phi) is 5.00. The van der Waals surface area contributed by atoms with Crippen LogP contribution in [0.5, 0.6) is 0 Å². The van der Waals surface area contributed by atoms with Gasteiger partial charge >= 0.3 is 0 Å². The minimum atomic E-state index is 0. The Morgan fingerprint density at radius 3 is 2.88 bits per heavy atom. The summed E-state index contributed by atoms with van der Waals surface area (Å²) in [4.78, 5) is 11.3. The molecule has 0 bridgehead atoms. The first-order chi connectivity index (χ1) is 7.70. The van der Waals surface area contributed by atoms with Gasteiger partial charge in [0.2, 0.25) is 0 Å². The van der Waals surface area contributed by atoms with Gasteiger partial charge in [-0.3, -0.25) is 4.99 Å². The Labute approximate surface area is 109 Å². The Morgan fingerprint density at radius 2 is 2.24 bits per heavy atom. The van der Waals surface area contributed by atoms with Crippen molar-refractivity contribution in [3.8, 4) is 0 Å². The number of halogens is 1. The second kappa shape index (κ2) is 6.05. The van der Waals surface area contributed by atoms with Crippen LogP contribution in [0.4, 0.5) is 0 Å². The van der Waals surface area contributed by atoms with Crippen molar-refractivity contribution in [3.63, 3.8) is 0 Å². The Balaban J connectivity index is 0.00000144. The molecule has 0 aromatic rings. The molecule has 0 radical (unpaired) electrons. The van der Waals surface area contributed by atoms with Crippen LogP contribution in [0.25, 0.3) is 0 Å². The summed E-state index contributed by atoms with van der Waals surface area (Å²) >= 11 is 0. The summed E-state index contributed by atoms with van der Waals surface area (Å²) in [5.74, 6) is 3.88. The molecule has 0 atom stereocenters. The van der Waals surface area contributed by atoms with E-state index >= 15 is 0 Å². The third-order valence-corrected chi connectivity index (χ3v) is 2.90. The predicted molar refractivity (Wildman–Crippen MR) is 74.9 cm³/mol. The molecule has 2 rings (SSSR count). The number of nitrogens with one attached hydrogen (secondary N) is 1. The highest BCUT2D eigenvalue weighted by Gasteiger charge is 2.24. The molecule has 0 aromatic carbocycles. The van der Waals surface area contributed by atoms with Crippen molar-refractivity contribution in [2.24, 2.45) is 15.9 Å². The van der Waals surface area contributed by atoms with Gasteiger partial charge in [-0.1, -0.05) is 13.8 Å². The third-order valence-electron chi connectivity index (χ3n) is 2.90. The largest absolute Gasteiger partial charge is 0.373 e. The first kappa shape index (κ1) is 14.0. The molecule has 2 aliphatic heterocycles. The van der Waals surface area contributed by atoms with Crippen molar-refractivity contribution in [1.82, 2.24) is 10.2 Å². The number of amidine groups is 2. The summed E-state index contributed by atoms with van der Waals surface area (Å²) in [6, 6.07) is 0. The lowest BCUT2D eigenvalue weighted by Gasteiger charge is -2.25. The fraction of sp³-hybridized carbons (Fsp3) is 0.667. The highest BCUT2D eigenvalue weighted by Crippen LogP contribution is 2.17. The lowest BCUT2D eigenvalue weighted by Crippen LogP contribution is -2.37. The summed E-state index contributed by atoms with van der Waals surface area (Å²) in [5.41, 5.74) is 0. The molecule has 0 saturated carbocycles. The molecule has 0 aromatic heterocycles. The Bertz CT molecular complexity index is 358. The van der Waals surface area contributed by atoms with Crippen LogP contribution in [-0.4, -0.2) is 36.7 Å². The van der Waals surface area contributed by atoms with Gasteiger partial charge in [-0.2, -0.15) is 0 Å². The molecule has 2 aliphatic rings. The molecule has 4 nitrogen and oxygen atoms in total. The topological polar surface area (TPSA) is 40.0 Å². The van der Waals surface area contributed by atoms with Crippen LogP contribution >= 0.6 is 12.4 Å². The standard InChI is InChI=1S/C12H20N4.ClH/c1-9(2)4-5-11-15-10(13-3)8-12-14-6-7-16(11)12;/h8-9,13H,4-7H2,1-3H3;1H. The number of rotatable bonds is 4. The van der Waals surface area contributed by atoms with Gasteiger partial charge in [-0.05, 0) is 12.3 Å².